The number of fused-ring (bicyclic) bond motifs is 3. The average Bonchev–Trinajstić information content (AvgIpc) is 3.21. The largest absolute Gasteiger partial charge is 0.256 e. The minimum atomic E-state index is 0.646. The zero-order valence-corrected chi connectivity index (χ0v) is 27.1. The third-order valence-corrected chi connectivity index (χ3v) is 9.20. The van der Waals surface area contributed by atoms with Gasteiger partial charge >= 0.3 is 0 Å². The molecule has 0 unspecified atom stereocenters. The molecule has 0 bridgehead atoms. The fourth-order valence-corrected chi connectivity index (χ4v) is 6.72. The summed E-state index contributed by atoms with van der Waals surface area (Å²) in [5.74, 6) is 1.96. The first-order valence-electron chi connectivity index (χ1n) is 16.7. The van der Waals surface area contributed by atoms with Gasteiger partial charge in [0, 0.05) is 28.5 Å². The predicted octanol–water partition coefficient (Wildman–Crippen LogP) is 11.6. The van der Waals surface area contributed by atoms with E-state index in [0.29, 0.717) is 17.5 Å². The molecular formula is C46H30N4. The van der Waals surface area contributed by atoms with E-state index >= 15 is 0 Å². The van der Waals surface area contributed by atoms with E-state index in [4.69, 9.17) is 19.9 Å². The maximum absolute atomic E-state index is 4.89. The van der Waals surface area contributed by atoms with Gasteiger partial charge in [0.05, 0.1) is 5.69 Å². The molecule has 4 heteroatoms. The topological polar surface area (TPSA) is 51.6 Å². The predicted molar refractivity (Wildman–Crippen MR) is 205 cm³/mol. The maximum atomic E-state index is 4.89. The minimum Gasteiger partial charge on any atom is -0.256 e. The zero-order valence-electron chi connectivity index (χ0n) is 27.1. The highest BCUT2D eigenvalue weighted by Gasteiger charge is 2.15. The number of rotatable bonds is 6. The lowest BCUT2D eigenvalue weighted by Gasteiger charge is -2.15. The first kappa shape index (κ1) is 29.4. The third-order valence-electron chi connectivity index (χ3n) is 9.20. The molecule has 0 aliphatic rings. The Hall–Kier alpha value is -6.78. The van der Waals surface area contributed by atoms with Gasteiger partial charge in [0.1, 0.15) is 0 Å². The molecule has 2 heterocycles. The van der Waals surface area contributed by atoms with Crippen molar-refractivity contribution < 1.29 is 0 Å². The smallest absolute Gasteiger partial charge is 0.164 e. The lowest BCUT2D eigenvalue weighted by molar-refractivity contribution is 1.07. The van der Waals surface area contributed by atoms with Gasteiger partial charge < -0.3 is 0 Å². The summed E-state index contributed by atoms with van der Waals surface area (Å²) in [4.78, 5) is 19.3. The summed E-state index contributed by atoms with van der Waals surface area (Å²) < 4.78 is 0. The first-order valence-corrected chi connectivity index (χ1v) is 16.7. The van der Waals surface area contributed by atoms with Crippen molar-refractivity contribution in [2.24, 2.45) is 0 Å². The molecule has 0 radical (unpaired) electrons. The second kappa shape index (κ2) is 12.7. The zero-order chi connectivity index (χ0) is 33.3. The minimum absolute atomic E-state index is 0.646. The monoisotopic (exact) mass is 638 g/mol. The molecule has 0 atom stereocenters. The van der Waals surface area contributed by atoms with Gasteiger partial charge in [-0.25, -0.2) is 15.0 Å². The highest BCUT2D eigenvalue weighted by molar-refractivity contribution is 6.19. The molecule has 9 aromatic rings. The van der Waals surface area contributed by atoms with Crippen LogP contribution in [0.5, 0.6) is 0 Å². The molecule has 0 aliphatic heterocycles. The molecule has 0 amide bonds. The van der Waals surface area contributed by atoms with E-state index < -0.39 is 0 Å². The van der Waals surface area contributed by atoms with Gasteiger partial charge in [0.25, 0.3) is 0 Å². The molecule has 50 heavy (non-hydrogen) atoms. The molecule has 0 aliphatic carbocycles. The van der Waals surface area contributed by atoms with Crippen LogP contribution in [-0.2, 0) is 0 Å². The lowest BCUT2D eigenvalue weighted by atomic mass is 9.89. The summed E-state index contributed by atoms with van der Waals surface area (Å²) in [6.07, 6.45) is 1.86. The quantitative estimate of drug-likeness (QED) is 0.170. The Balaban J connectivity index is 1.08. The van der Waals surface area contributed by atoms with Gasteiger partial charge in [-0.3, -0.25) is 4.98 Å². The van der Waals surface area contributed by atoms with E-state index in [9.17, 15) is 0 Å². The maximum Gasteiger partial charge on any atom is 0.164 e. The van der Waals surface area contributed by atoms with E-state index in [1.165, 1.54) is 32.7 Å². The van der Waals surface area contributed by atoms with E-state index in [1.807, 2.05) is 79.0 Å². The average molecular weight is 639 g/mol. The van der Waals surface area contributed by atoms with Gasteiger partial charge in [0.15, 0.2) is 17.5 Å². The third kappa shape index (κ3) is 5.49. The Morgan fingerprint density at radius 1 is 0.320 bits per heavy atom. The van der Waals surface area contributed by atoms with E-state index in [-0.39, 0.29) is 0 Å². The molecule has 0 saturated carbocycles. The number of hydrogen-bond donors (Lipinski definition) is 0. The molecule has 0 N–H and O–H groups in total. The summed E-state index contributed by atoms with van der Waals surface area (Å²) in [5.41, 5.74) is 9.62. The highest BCUT2D eigenvalue weighted by atomic mass is 15.0. The van der Waals surface area contributed by atoms with E-state index in [0.717, 1.165) is 39.1 Å². The van der Waals surface area contributed by atoms with Gasteiger partial charge in [-0.05, 0) is 62.0 Å². The van der Waals surface area contributed by atoms with Crippen LogP contribution in [0.1, 0.15) is 0 Å². The van der Waals surface area contributed by atoms with Gasteiger partial charge in [-0.1, -0.05) is 158 Å². The van der Waals surface area contributed by atoms with Crippen LogP contribution in [0, 0.1) is 0 Å². The van der Waals surface area contributed by atoms with Crippen molar-refractivity contribution in [2.45, 2.75) is 0 Å². The summed E-state index contributed by atoms with van der Waals surface area (Å²) in [5, 5.41) is 4.88. The second-order valence-electron chi connectivity index (χ2n) is 12.3. The molecule has 9 rings (SSSR count). The number of hydrogen-bond acceptors (Lipinski definition) is 4. The Labute approximate surface area is 290 Å². The van der Waals surface area contributed by atoms with Crippen LogP contribution in [0.2, 0.25) is 0 Å². The van der Waals surface area contributed by atoms with Crippen molar-refractivity contribution in [2.75, 3.05) is 0 Å². The van der Waals surface area contributed by atoms with Crippen LogP contribution in [0.4, 0.5) is 0 Å². The number of pyridine rings is 1. The van der Waals surface area contributed by atoms with Crippen LogP contribution >= 0.6 is 0 Å². The molecule has 7 aromatic carbocycles. The molecule has 0 saturated heterocycles. The fourth-order valence-electron chi connectivity index (χ4n) is 6.72. The second-order valence-corrected chi connectivity index (χ2v) is 12.3. The van der Waals surface area contributed by atoms with Gasteiger partial charge in [-0.2, -0.15) is 0 Å². The van der Waals surface area contributed by atoms with Gasteiger partial charge in [-0.15, -0.1) is 0 Å². The van der Waals surface area contributed by atoms with Crippen molar-refractivity contribution >= 4 is 21.5 Å². The van der Waals surface area contributed by atoms with Crippen LogP contribution in [0.15, 0.2) is 182 Å². The molecule has 0 spiro atoms. The fraction of sp³-hybridized carbons (Fsp3) is 0. The molecular weight excluding hydrogens is 609 g/mol. The number of aromatic nitrogens is 4. The normalized spacial score (nSPS) is 11.2. The Morgan fingerprint density at radius 3 is 1.42 bits per heavy atom. The SMILES string of the molecule is c1ccc(-c2nc(-c3ccccc3)nc(-c3ccc(-c4ccc(-c5cccc6c(-c7ccccn7)cc7ccccc7c56)cc4)cc3)n2)cc1. The lowest BCUT2D eigenvalue weighted by Crippen LogP contribution is -2.00. The Kier molecular flexibility index (Phi) is 7.45. The van der Waals surface area contributed by atoms with Crippen molar-refractivity contribution in [3.63, 3.8) is 0 Å². The summed E-state index contributed by atoms with van der Waals surface area (Å²) in [7, 11) is 0. The van der Waals surface area contributed by atoms with Crippen molar-refractivity contribution in [1.29, 1.82) is 0 Å². The van der Waals surface area contributed by atoms with Crippen molar-refractivity contribution in [3.05, 3.63) is 182 Å². The Morgan fingerprint density at radius 2 is 0.820 bits per heavy atom. The van der Waals surface area contributed by atoms with Crippen molar-refractivity contribution in [3.8, 4) is 67.7 Å². The number of nitrogens with zero attached hydrogens (tertiary/aromatic N) is 4. The van der Waals surface area contributed by atoms with Crippen LogP contribution in [0.3, 0.4) is 0 Å². The summed E-state index contributed by atoms with van der Waals surface area (Å²) in [6, 6.07) is 61.0. The molecule has 4 nitrogen and oxygen atoms in total. The van der Waals surface area contributed by atoms with Crippen LogP contribution in [0.25, 0.3) is 89.2 Å². The van der Waals surface area contributed by atoms with Crippen LogP contribution in [-0.4, -0.2) is 19.9 Å². The number of benzene rings is 7. The Bertz CT molecular complexity index is 2540. The molecule has 2 aromatic heterocycles. The molecule has 234 valence electrons. The first-order chi connectivity index (χ1) is 24.8. The summed E-state index contributed by atoms with van der Waals surface area (Å²) in [6.45, 7) is 0. The van der Waals surface area contributed by atoms with Crippen LogP contribution < -0.4 is 0 Å². The standard InChI is InChI=1S/C46H30N4/c1-3-12-34(13-4-1)44-48-45(35-14-5-2-6-15-35)50-46(49-44)36-27-23-32(24-28-36)31-21-25-33(26-22-31)38-18-11-19-40-41(42-20-9-10-29-47-42)30-37-16-7-8-17-39(37)43(38)40/h1-30H. The summed E-state index contributed by atoms with van der Waals surface area (Å²) >= 11 is 0. The van der Waals surface area contributed by atoms with Gasteiger partial charge in [0.2, 0.25) is 0 Å². The van der Waals surface area contributed by atoms with Crippen molar-refractivity contribution in [1.82, 2.24) is 19.9 Å². The molecule has 0 fully saturated rings. The van der Waals surface area contributed by atoms with E-state index in [2.05, 4.69) is 103 Å². The highest BCUT2D eigenvalue weighted by Crippen LogP contribution is 2.40. The van der Waals surface area contributed by atoms with E-state index in [1.54, 1.807) is 0 Å².